The highest BCUT2D eigenvalue weighted by atomic mass is 32.2. The van der Waals surface area contributed by atoms with Gasteiger partial charge in [0.15, 0.2) is 0 Å². The molecule has 0 aromatic heterocycles. The van der Waals surface area contributed by atoms with Crippen LogP contribution in [0.15, 0.2) is 0 Å². The van der Waals surface area contributed by atoms with Crippen molar-refractivity contribution in [1.29, 1.82) is 0 Å². The van der Waals surface area contributed by atoms with E-state index < -0.39 is 12.0 Å². The van der Waals surface area contributed by atoms with E-state index in [-0.39, 0.29) is 11.9 Å². The minimum atomic E-state index is -0.876. The van der Waals surface area contributed by atoms with Gasteiger partial charge in [0, 0.05) is 13.0 Å². The minimum absolute atomic E-state index is 0.114. The number of aliphatic carboxylic acids is 1. The van der Waals surface area contributed by atoms with E-state index in [9.17, 15) is 9.59 Å². The molecule has 1 aliphatic carbocycles. The largest absolute Gasteiger partial charge is 0.480 e. The van der Waals surface area contributed by atoms with Crippen molar-refractivity contribution in [3.63, 3.8) is 0 Å². The number of hydrogen-bond acceptors (Lipinski definition) is 3. The molecule has 5 heteroatoms. The van der Waals surface area contributed by atoms with Gasteiger partial charge in [0.2, 0.25) is 5.91 Å². The van der Waals surface area contributed by atoms with Gasteiger partial charge in [-0.2, -0.15) is 11.8 Å². The summed E-state index contributed by atoms with van der Waals surface area (Å²) in [5, 5.41) is 9.17. The normalized spacial score (nSPS) is 16.9. The second-order valence-electron chi connectivity index (χ2n) is 4.00. The summed E-state index contributed by atoms with van der Waals surface area (Å²) in [6.45, 7) is 3.51. The van der Waals surface area contributed by atoms with Gasteiger partial charge in [-0.1, -0.05) is 6.92 Å². The molecule has 0 bridgehead atoms. The van der Waals surface area contributed by atoms with Gasteiger partial charge in [0.25, 0.3) is 0 Å². The molecule has 92 valence electrons. The molecule has 0 saturated heterocycles. The molecule has 0 aromatic rings. The average molecular weight is 245 g/mol. The zero-order valence-electron chi connectivity index (χ0n) is 9.81. The van der Waals surface area contributed by atoms with Crippen LogP contribution in [0.5, 0.6) is 0 Å². The van der Waals surface area contributed by atoms with Crippen LogP contribution >= 0.6 is 11.8 Å². The number of nitrogens with zero attached hydrogens (tertiary/aromatic N) is 1. The summed E-state index contributed by atoms with van der Waals surface area (Å²) < 4.78 is 0. The van der Waals surface area contributed by atoms with Crippen molar-refractivity contribution < 1.29 is 14.7 Å². The second kappa shape index (κ2) is 6.13. The summed E-state index contributed by atoms with van der Waals surface area (Å²) in [5.74, 6) is 0.787. The van der Waals surface area contributed by atoms with E-state index in [4.69, 9.17) is 5.11 Å². The molecule has 16 heavy (non-hydrogen) atoms. The van der Waals surface area contributed by atoms with Crippen molar-refractivity contribution in [1.82, 2.24) is 4.90 Å². The first-order valence-corrected chi connectivity index (χ1v) is 6.82. The molecule has 4 nitrogen and oxygen atoms in total. The van der Waals surface area contributed by atoms with E-state index in [0.717, 1.165) is 24.3 Å². The predicted molar refractivity (Wildman–Crippen MR) is 64.6 cm³/mol. The topological polar surface area (TPSA) is 57.6 Å². The molecule has 1 rings (SSSR count). The van der Waals surface area contributed by atoms with E-state index in [1.165, 1.54) is 6.92 Å². The average Bonchev–Trinajstić information content (AvgIpc) is 2.99. The maximum atomic E-state index is 11.5. The first-order valence-electron chi connectivity index (χ1n) is 5.67. The van der Waals surface area contributed by atoms with Crippen LogP contribution in [0.3, 0.4) is 0 Å². The zero-order chi connectivity index (χ0) is 12.1. The highest BCUT2D eigenvalue weighted by Crippen LogP contribution is 2.30. The lowest BCUT2D eigenvalue weighted by Gasteiger charge is -2.27. The molecule has 0 radical (unpaired) electrons. The number of carbonyl (C=O) groups is 2. The van der Waals surface area contributed by atoms with E-state index in [1.54, 1.807) is 16.7 Å². The molecule has 1 N–H and O–H groups in total. The van der Waals surface area contributed by atoms with Crippen molar-refractivity contribution in [2.75, 3.05) is 11.5 Å². The Balaban J connectivity index is 2.58. The summed E-state index contributed by atoms with van der Waals surface area (Å²) >= 11 is 1.71. The fourth-order valence-corrected chi connectivity index (χ4v) is 2.48. The lowest BCUT2D eigenvalue weighted by Crippen LogP contribution is -2.45. The summed E-state index contributed by atoms with van der Waals surface area (Å²) in [5.41, 5.74) is 0. The maximum Gasteiger partial charge on any atom is 0.326 e. The molecule has 1 aliphatic rings. The molecular formula is C11H19NO3S. The Morgan fingerprint density at radius 3 is 2.50 bits per heavy atom. The van der Waals surface area contributed by atoms with Gasteiger partial charge in [-0.3, -0.25) is 4.79 Å². The van der Waals surface area contributed by atoms with Gasteiger partial charge in [0.1, 0.15) is 6.04 Å². The first-order chi connectivity index (χ1) is 7.57. The van der Waals surface area contributed by atoms with Crippen LogP contribution in [0.2, 0.25) is 0 Å². The Labute approximate surface area is 100 Å². The van der Waals surface area contributed by atoms with Crippen LogP contribution in [-0.4, -0.2) is 45.5 Å². The monoisotopic (exact) mass is 245 g/mol. The molecule has 1 atom stereocenters. The van der Waals surface area contributed by atoms with E-state index in [0.29, 0.717) is 6.42 Å². The fraction of sp³-hybridized carbons (Fsp3) is 0.818. The molecule has 1 fully saturated rings. The number of amides is 1. The fourth-order valence-electron chi connectivity index (χ4n) is 1.80. The lowest BCUT2D eigenvalue weighted by molar-refractivity contribution is -0.150. The van der Waals surface area contributed by atoms with Gasteiger partial charge >= 0.3 is 5.97 Å². The summed E-state index contributed by atoms with van der Waals surface area (Å²) in [6, 6.07) is -0.464. The maximum absolute atomic E-state index is 11.5. The van der Waals surface area contributed by atoms with Crippen LogP contribution in [0, 0.1) is 0 Å². The third kappa shape index (κ3) is 3.70. The highest BCUT2D eigenvalue weighted by Gasteiger charge is 2.38. The zero-order valence-corrected chi connectivity index (χ0v) is 10.6. The number of hydrogen-bond donors (Lipinski definition) is 1. The Morgan fingerprint density at radius 1 is 1.50 bits per heavy atom. The van der Waals surface area contributed by atoms with Crippen LogP contribution in [0.1, 0.15) is 33.1 Å². The van der Waals surface area contributed by atoms with Crippen molar-refractivity contribution in [2.24, 2.45) is 0 Å². The third-order valence-corrected chi connectivity index (χ3v) is 3.60. The number of carboxylic acid groups (broad SMARTS) is 1. The van der Waals surface area contributed by atoms with Gasteiger partial charge in [-0.15, -0.1) is 0 Å². The minimum Gasteiger partial charge on any atom is -0.480 e. The molecule has 1 saturated carbocycles. The number of rotatable bonds is 7. The second-order valence-corrected chi connectivity index (χ2v) is 5.39. The Bertz CT molecular complexity index is 266. The summed E-state index contributed by atoms with van der Waals surface area (Å²) in [4.78, 5) is 24.2. The smallest absolute Gasteiger partial charge is 0.326 e. The van der Waals surface area contributed by atoms with Crippen LogP contribution in [0.4, 0.5) is 0 Å². The van der Waals surface area contributed by atoms with Crippen molar-refractivity contribution >= 4 is 23.6 Å². The SMILES string of the molecule is CCSCCC(C(=O)O)N(C(C)=O)C1CC1. The lowest BCUT2D eigenvalue weighted by atomic mass is 10.2. The molecule has 0 aliphatic heterocycles. The van der Waals surface area contributed by atoms with E-state index in [1.807, 2.05) is 6.92 Å². The molecule has 1 amide bonds. The molecule has 0 aromatic carbocycles. The summed E-state index contributed by atoms with van der Waals surface area (Å²) in [7, 11) is 0. The summed E-state index contributed by atoms with van der Waals surface area (Å²) in [6.07, 6.45) is 2.44. The van der Waals surface area contributed by atoms with E-state index in [2.05, 4.69) is 0 Å². The quantitative estimate of drug-likeness (QED) is 0.692. The Morgan fingerprint density at radius 2 is 2.12 bits per heavy atom. The van der Waals surface area contributed by atoms with Gasteiger partial charge in [-0.05, 0) is 30.8 Å². The predicted octanol–water partition coefficient (Wildman–Crippen LogP) is 1.59. The van der Waals surface area contributed by atoms with Crippen LogP contribution in [-0.2, 0) is 9.59 Å². The van der Waals surface area contributed by atoms with Gasteiger partial charge in [-0.25, -0.2) is 4.79 Å². The van der Waals surface area contributed by atoms with Crippen LogP contribution in [0.25, 0.3) is 0 Å². The van der Waals surface area contributed by atoms with Crippen molar-refractivity contribution in [3.8, 4) is 0 Å². The van der Waals surface area contributed by atoms with Crippen molar-refractivity contribution in [2.45, 2.75) is 45.2 Å². The molecule has 0 spiro atoms. The molecule has 1 unspecified atom stereocenters. The first kappa shape index (κ1) is 13.4. The van der Waals surface area contributed by atoms with Crippen molar-refractivity contribution in [3.05, 3.63) is 0 Å². The van der Waals surface area contributed by atoms with E-state index >= 15 is 0 Å². The standard InChI is InChI=1S/C11H19NO3S/c1-3-16-7-6-10(11(14)15)12(8(2)13)9-4-5-9/h9-10H,3-7H2,1-2H3,(H,14,15). The number of carboxylic acids is 1. The number of thioether (sulfide) groups is 1. The third-order valence-electron chi connectivity index (χ3n) is 2.66. The van der Waals surface area contributed by atoms with Crippen LogP contribution < -0.4 is 0 Å². The molecule has 0 heterocycles. The Hall–Kier alpha value is -0.710. The number of carbonyl (C=O) groups excluding carboxylic acids is 1. The van der Waals surface area contributed by atoms with Gasteiger partial charge in [0.05, 0.1) is 0 Å². The molecular weight excluding hydrogens is 226 g/mol. The Kier molecular flexibility index (Phi) is 5.12. The van der Waals surface area contributed by atoms with Gasteiger partial charge < -0.3 is 10.0 Å². The highest BCUT2D eigenvalue weighted by molar-refractivity contribution is 7.99.